The lowest BCUT2D eigenvalue weighted by atomic mass is 10.2. The van der Waals surface area contributed by atoms with Crippen molar-refractivity contribution >= 4 is 23.5 Å². The van der Waals surface area contributed by atoms with Crippen LogP contribution in [-0.2, 0) is 16.1 Å². The van der Waals surface area contributed by atoms with E-state index in [-0.39, 0.29) is 19.1 Å². The number of rotatable bonds is 6. The molecule has 132 valence electrons. The molecule has 0 radical (unpaired) electrons. The Balaban J connectivity index is 1.45. The lowest BCUT2D eigenvalue weighted by Crippen LogP contribution is -2.30. The molecule has 26 heavy (non-hydrogen) atoms. The van der Waals surface area contributed by atoms with E-state index in [1.54, 1.807) is 35.1 Å². The molecule has 1 amide bonds. The average Bonchev–Trinajstić information content (AvgIpc) is 3.20. The van der Waals surface area contributed by atoms with Crippen LogP contribution in [0.1, 0.15) is 15.9 Å². The monoisotopic (exact) mass is 369 g/mol. The SMILES string of the molecule is O=C(CNC(=O)c1ccc(Cl)cc1)OCc1ccc(-n2cccn2)cc1. The zero-order valence-corrected chi connectivity index (χ0v) is 14.5. The van der Waals surface area contributed by atoms with E-state index < -0.39 is 5.97 Å². The average molecular weight is 370 g/mol. The third-order valence-corrected chi connectivity index (χ3v) is 3.86. The van der Waals surface area contributed by atoms with Crippen LogP contribution in [0.5, 0.6) is 0 Å². The summed E-state index contributed by atoms with van der Waals surface area (Å²) in [5.41, 5.74) is 2.19. The number of carbonyl (C=O) groups excluding carboxylic acids is 2. The van der Waals surface area contributed by atoms with Crippen molar-refractivity contribution in [2.24, 2.45) is 0 Å². The van der Waals surface area contributed by atoms with Gasteiger partial charge in [0.2, 0.25) is 0 Å². The molecular formula is C19H16ClN3O3. The minimum absolute atomic E-state index is 0.134. The fourth-order valence-electron chi connectivity index (χ4n) is 2.24. The van der Waals surface area contributed by atoms with Gasteiger partial charge in [-0.1, -0.05) is 23.7 Å². The van der Waals surface area contributed by atoms with Crippen LogP contribution in [0.15, 0.2) is 67.0 Å². The van der Waals surface area contributed by atoms with Crippen LogP contribution >= 0.6 is 11.6 Å². The molecule has 0 aliphatic carbocycles. The summed E-state index contributed by atoms with van der Waals surface area (Å²) >= 11 is 5.77. The Kier molecular flexibility index (Phi) is 5.66. The second kappa shape index (κ2) is 8.31. The third kappa shape index (κ3) is 4.70. The maximum Gasteiger partial charge on any atom is 0.325 e. The Morgan fingerprint density at radius 2 is 1.81 bits per heavy atom. The Bertz CT molecular complexity index is 875. The summed E-state index contributed by atoms with van der Waals surface area (Å²) in [6.45, 7) is -0.0676. The van der Waals surface area contributed by atoms with Crippen LogP contribution in [0, 0.1) is 0 Å². The Hall–Kier alpha value is -3.12. The summed E-state index contributed by atoms with van der Waals surface area (Å²) < 4.78 is 6.91. The lowest BCUT2D eigenvalue weighted by Gasteiger charge is -2.08. The van der Waals surface area contributed by atoms with Crippen molar-refractivity contribution in [2.75, 3.05) is 6.54 Å². The number of hydrogen-bond donors (Lipinski definition) is 1. The smallest absolute Gasteiger partial charge is 0.325 e. The second-order valence-electron chi connectivity index (χ2n) is 5.47. The summed E-state index contributed by atoms with van der Waals surface area (Å²) in [4.78, 5) is 23.7. The molecule has 2 aromatic carbocycles. The largest absolute Gasteiger partial charge is 0.460 e. The number of hydrogen-bond acceptors (Lipinski definition) is 4. The molecule has 0 saturated carbocycles. The first kappa shape index (κ1) is 17.7. The standard InChI is InChI=1S/C19H16ClN3O3/c20-16-6-4-15(5-7-16)19(25)21-12-18(24)26-13-14-2-8-17(9-3-14)23-11-1-10-22-23/h1-11H,12-13H2,(H,21,25). The van der Waals surface area contributed by atoms with Gasteiger partial charge in [-0.25, -0.2) is 4.68 Å². The van der Waals surface area contributed by atoms with Crippen LogP contribution in [0.25, 0.3) is 5.69 Å². The molecule has 0 unspecified atom stereocenters. The quantitative estimate of drug-likeness (QED) is 0.678. The van der Waals surface area contributed by atoms with Crippen LogP contribution in [-0.4, -0.2) is 28.2 Å². The van der Waals surface area contributed by atoms with Crippen LogP contribution in [0.3, 0.4) is 0 Å². The molecule has 1 aromatic heterocycles. The molecule has 0 atom stereocenters. The molecule has 3 rings (SSSR count). The first-order chi connectivity index (χ1) is 12.6. The Morgan fingerprint density at radius 1 is 1.08 bits per heavy atom. The van der Waals surface area contributed by atoms with Gasteiger partial charge in [0.25, 0.3) is 5.91 Å². The molecule has 7 heteroatoms. The van der Waals surface area contributed by atoms with Crippen LogP contribution in [0.2, 0.25) is 5.02 Å². The number of esters is 1. The van der Waals surface area contributed by atoms with E-state index in [2.05, 4.69) is 10.4 Å². The molecule has 0 saturated heterocycles. The fourth-order valence-corrected chi connectivity index (χ4v) is 2.36. The van der Waals surface area contributed by atoms with Crippen molar-refractivity contribution < 1.29 is 14.3 Å². The second-order valence-corrected chi connectivity index (χ2v) is 5.90. The van der Waals surface area contributed by atoms with E-state index in [1.807, 2.05) is 36.5 Å². The van der Waals surface area contributed by atoms with Gasteiger partial charge in [0.15, 0.2) is 0 Å². The van der Waals surface area contributed by atoms with Crippen molar-refractivity contribution in [3.05, 3.63) is 83.1 Å². The number of amides is 1. The molecular weight excluding hydrogens is 354 g/mol. The topological polar surface area (TPSA) is 73.2 Å². The number of nitrogens with one attached hydrogen (secondary N) is 1. The van der Waals surface area contributed by atoms with Crippen molar-refractivity contribution in [1.82, 2.24) is 15.1 Å². The van der Waals surface area contributed by atoms with E-state index in [9.17, 15) is 9.59 Å². The van der Waals surface area contributed by atoms with E-state index in [0.29, 0.717) is 10.6 Å². The van der Waals surface area contributed by atoms with Gasteiger partial charge in [-0.05, 0) is 48.0 Å². The van der Waals surface area contributed by atoms with Gasteiger partial charge in [-0.2, -0.15) is 5.10 Å². The van der Waals surface area contributed by atoms with Crippen LogP contribution in [0.4, 0.5) is 0 Å². The van der Waals surface area contributed by atoms with Gasteiger partial charge in [0, 0.05) is 23.0 Å². The first-order valence-corrected chi connectivity index (χ1v) is 8.28. The van der Waals surface area contributed by atoms with E-state index >= 15 is 0 Å². The minimum Gasteiger partial charge on any atom is -0.460 e. The molecule has 0 fully saturated rings. The maximum absolute atomic E-state index is 11.9. The maximum atomic E-state index is 11.9. The Morgan fingerprint density at radius 3 is 2.46 bits per heavy atom. The third-order valence-electron chi connectivity index (χ3n) is 3.60. The molecule has 0 spiro atoms. The normalized spacial score (nSPS) is 10.3. The van der Waals surface area contributed by atoms with Gasteiger partial charge in [-0.3, -0.25) is 9.59 Å². The lowest BCUT2D eigenvalue weighted by molar-refractivity contribution is -0.143. The van der Waals surface area contributed by atoms with Gasteiger partial charge in [0.05, 0.1) is 5.69 Å². The van der Waals surface area contributed by atoms with E-state index in [4.69, 9.17) is 16.3 Å². The molecule has 0 aliphatic heterocycles. The molecule has 3 aromatic rings. The van der Waals surface area contributed by atoms with Crippen molar-refractivity contribution in [2.45, 2.75) is 6.61 Å². The molecule has 6 nitrogen and oxygen atoms in total. The summed E-state index contributed by atoms with van der Waals surface area (Å²) in [5.74, 6) is -0.870. The number of ether oxygens (including phenoxy) is 1. The zero-order chi connectivity index (χ0) is 18.4. The van der Waals surface area contributed by atoms with Crippen LogP contribution < -0.4 is 5.32 Å². The highest BCUT2D eigenvalue weighted by Gasteiger charge is 2.09. The highest BCUT2D eigenvalue weighted by molar-refractivity contribution is 6.30. The highest BCUT2D eigenvalue weighted by atomic mass is 35.5. The first-order valence-electron chi connectivity index (χ1n) is 7.90. The van der Waals surface area contributed by atoms with Gasteiger partial charge in [-0.15, -0.1) is 0 Å². The van der Waals surface area contributed by atoms with Crippen molar-refractivity contribution in [1.29, 1.82) is 0 Å². The summed E-state index contributed by atoms with van der Waals surface area (Å²) in [5, 5.41) is 7.20. The number of benzene rings is 2. The van der Waals surface area contributed by atoms with E-state index in [0.717, 1.165) is 11.3 Å². The molecule has 1 N–H and O–H groups in total. The number of aromatic nitrogens is 2. The zero-order valence-electron chi connectivity index (χ0n) is 13.8. The summed E-state index contributed by atoms with van der Waals surface area (Å²) in [6.07, 6.45) is 3.55. The molecule has 1 heterocycles. The van der Waals surface area contributed by atoms with Crippen molar-refractivity contribution in [3.63, 3.8) is 0 Å². The number of nitrogens with zero attached hydrogens (tertiary/aromatic N) is 2. The molecule has 0 bridgehead atoms. The van der Waals surface area contributed by atoms with Gasteiger partial charge >= 0.3 is 5.97 Å². The van der Waals surface area contributed by atoms with Gasteiger partial charge < -0.3 is 10.1 Å². The predicted molar refractivity (Wildman–Crippen MR) is 97.1 cm³/mol. The predicted octanol–water partition coefficient (Wildman–Crippen LogP) is 3.00. The van der Waals surface area contributed by atoms with Gasteiger partial charge in [0.1, 0.15) is 13.2 Å². The molecule has 0 aliphatic rings. The minimum atomic E-state index is -0.511. The van der Waals surface area contributed by atoms with Crippen molar-refractivity contribution in [3.8, 4) is 5.69 Å². The summed E-state index contributed by atoms with van der Waals surface area (Å²) in [7, 11) is 0. The fraction of sp³-hybridized carbons (Fsp3) is 0.105. The Labute approximate surface area is 155 Å². The number of carbonyl (C=O) groups is 2. The highest BCUT2D eigenvalue weighted by Crippen LogP contribution is 2.10. The summed E-state index contributed by atoms with van der Waals surface area (Å²) in [6, 6.07) is 15.7. The van der Waals surface area contributed by atoms with E-state index in [1.165, 1.54) is 0 Å². The number of halogens is 1.